The van der Waals surface area contributed by atoms with Gasteiger partial charge in [0.1, 0.15) is 11.5 Å². The van der Waals surface area contributed by atoms with Crippen molar-refractivity contribution >= 4 is 0 Å². The maximum Gasteiger partial charge on any atom is 0.122 e. The summed E-state index contributed by atoms with van der Waals surface area (Å²) in [5.74, 6) is 2.04. The van der Waals surface area contributed by atoms with E-state index in [9.17, 15) is 0 Å². The van der Waals surface area contributed by atoms with Gasteiger partial charge in [-0.25, -0.2) is 0 Å². The number of rotatable bonds is 3. The Kier molecular flexibility index (Phi) is 3.56. The lowest BCUT2D eigenvalue weighted by molar-refractivity contribution is 0.217. The minimum Gasteiger partial charge on any atom is -0.493 e. The van der Waals surface area contributed by atoms with Crippen LogP contribution in [0.15, 0.2) is 48.5 Å². The monoisotopic (exact) mass is 265 g/mol. The van der Waals surface area contributed by atoms with Gasteiger partial charge in [-0.2, -0.15) is 5.26 Å². The molecule has 0 saturated heterocycles. The molecule has 1 unspecified atom stereocenters. The number of para-hydroxylation sites is 1. The van der Waals surface area contributed by atoms with Crippen LogP contribution >= 0.6 is 0 Å². The molecule has 1 heterocycles. The van der Waals surface area contributed by atoms with E-state index in [1.807, 2.05) is 30.3 Å². The van der Waals surface area contributed by atoms with Gasteiger partial charge in [0.25, 0.3) is 0 Å². The third-order valence-corrected chi connectivity index (χ3v) is 3.50. The summed E-state index contributed by atoms with van der Waals surface area (Å²) in [6.07, 6.45) is 0.953. The summed E-state index contributed by atoms with van der Waals surface area (Å²) < 4.78 is 11.5. The lowest BCUT2D eigenvalue weighted by atomic mass is 9.94. The van der Waals surface area contributed by atoms with Crippen LogP contribution in [0.3, 0.4) is 0 Å². The molecule has 0 radical (unpaired) electrons. The largest absolute Gasteiger partial charge is 0.493 e. The summed E-state index contributed by atoms with van der Waals surface area (Å²) in [5, 5.41) is 8.89. The SMILES string of the molecule is N#Cc1cccc(OCC2CCOc3ccccc32)c1. The molecule has 100 valence electrons. The van der Waals surface area contributed by atoms with E-state index < -0.39 is 0 Å². The van der Waals surface area contributed by atoms with Gasteiger partial charge in [-0.3, -0.25) is 0 Å². The van der Waals surface area contributed by atoms with E-state index in [1.165, 1.54) is 5.56 Å². The lowest BCUT2D eigenvalue weighted by Crippen LogP contribution is -2.19. The van der Waals surface area contributed by atoms with Gasteiger partial charge in [-0.15, -0.1) is 0 Å². The Labute approximate surface area is 118 Å². The van der Waals surface area contributed by atoms with Gasteiger partial charge in [-0.05, 0) is 30.7 Å². The van der Waals surface area contributed by atoms with Crippen LogP contribution in [-0.2, 0) is 0 Å². The zero-order valence-corrected chi connectivity index (χ0v) is 11.1. The minimum atomic E-state index is 0.339. The number of hydrogen-bond donors (Lipinski definition) is 0. The molecule has 1 aliphatic rings. The molecule has 0 bridgehead atoms. The Bertz CT molecular complexity index is 645. The van der Waals surface area contributed by atoms with E-state index in [-0.39, 0.29) is 0 Å². The van der Waals surface area contributed by atoms with Crippen LogP contribution in [0.25, 0.3) is 0 Å². The number of ether oxygens (including phenoxy) is 2. The molecule has 0 amide bonds. The van der Waals surface area contributed by atoms with Crippen LogP contribution in [0.4, 0.5) is 0 Å². The van der Waals surface area contributed by atoms with Gasteiger partial charge in [0.05, 0.1) is 24.8 Å². The Balaban J connectivity index is 1.72. The van der Waals surface area contributed by atoms with E-state index in [2.05, 4.69) is 12.1 Å². The first kappa shape index (κ1) is 12.6. The smallest absolute Gasteiger partial charge is 0.122 e. The molecule has 0 N–H and O–H groups in total. The number of hydrogen-bond acceptors (Lipinski definition) is 3. The highest BCUT2D eigenvalue weighted by atomic mass is 16.5. The number of nitriles is 1. The van der Waals surface area contributed by atoms with Crippen molar-refractivity contribution < 1.29 is 9.47 Å². The summed E-state index contributed by atoms with van der Waals surface area (Å²) in [6, 6.07) is 17.5. The maximum absolute atomic E-state index is 8.89. The maximum atomic E-state index is 8.89. The minimum absolute atomic E-state index is 0.339. The Morgan fingerprint density at radius 2 is 2.10 bits per heavy atom. The van der Waals surface area contributed by atoms with Crippen LogP contribution in [0.1, 0.15) is 23.5 Å². The van der Waals surface area contributed by atoms with Gasteiger partial charge < -0.3 is 9.47 Å². The molecule has 0 aromatic heterocycles. The highest BCUT2D eigenvalue weighted by Crippen LogP contribution is 2.33. The predicted octanol–water partition coefficient (Wildman–Crippen LogP) is 3.50. The molecule has 1 aliphatic heterocycles. The van der Waals surface area contributed by atoms with Crippen LogP contribution < -0.4 is 9.47 Å². The average Bonchev–Trinajstić information content (AvgIpc) is 2.53. The normalized spacial score (nSPS) is 16.6. The average molecular weight is 265 g/mol. The van der Waals surface area contributed by atoms with Crippen molar-refractivity contribution in [2.75, 3.05) is 13.2 Å². The second kappa shape index (κ2) is 5.66. The molecule has 0 aliphatic carbocycles. The first-order chi connectivity index (χ1) is 9.86. The lowest BCUT2D eigenvalue weighted by Gasteiger charge is -2.25. The highest BCUT2D eigenvalue weighted by molar-refractivity contribution is 5.39. The van der Waals surface area contributed by atoms with E-state index in [4.69, 9.17) is 14.7 Å². The Morgan fingerprint density at radius 1 is 1.20 bits per heavy atom. The van der Waals surface area contributed by atoms with E-state index >= 15 is 0 Å². The van der Waals surface area contributed by atoms with Gasteiger partial charge in [-0.1, -0.05) is 24.3 Å². The zero-order valence-electron chi connectivity index (χ0n) is 11.1. The predicted molar refractivity (Wildman–Crippen MR) is 75.9 cm³/mol. The topological polar surface area (TPSA) is 42.2 Å². The Hall–Kier alpha value is -2.47. The van der Waals surface area contributed by atoms with E-state index in [0.717, 1.165) is 24.5 Å². The van der Waals surface area contributed by atoms with Crippen LogP contribution in [0, 0.1) is 11.3 Å². The molecule has 0 spiro atoms. The van der Waals surface area contributed by atoms with Crippen LogP contribution in [0.5, 0.6) is 11.5 Å². The van der Waals surface area contributed by atoms with Gasteiger partial charge in [0.15, 0.2) is 0 Å². The summed E-state index contributed by atoms with van der Waals surface area (Å²) in [5.41, 5.74) is 1.82. The number of nitrogens with zero attached hydrogens (tertiary/aromatic N) is 1. The van der Waals surface area contributed by atoms with Crippen LogP contribution in [0.2, 0.25) is 0 Å². The summed E-state index contributed by atoms with van der Waals surface area (Å²) in [6.45, 7) is 1.33. The molecule has 1 atom stereocenters. The van der Waals surface area contributed by atoms with Crippen molar-refractivity contribution in [2.45, 2.75) is 12.3 Å². The van der Waals surface area contributed by atoms with Crippen molar-refractivity contribution in [1.29, 1.82) is 5.26 Å². The first-order valence-corrected chi connectivity index (χ1v) is 6.71. The molecule has 2 aromatic carbocycles. The second-order valence-electron chi connectivity index (χ2n) is 4.82. The van der Waals surface area contributed by atoms with E-state index in [1.54, 1.807) is 12.1 Å². The van der Waals surface area contributed by atoms with Crippen molar-refractivity contribution in [2.24, 2.45) is 0 Å². The molecule has 0 fully saturated rings. The van der Waals surface area contributed by atoms with Crippen molar-refractivity contribution in [3.05, 3.63) is 59.7 Å². The quantitative estimate of drug-likeness (QED) is 0.853. The molecule has 20 heavy (non-hydrogen) atoms. The summed E-state index contributed by atoms with van der Waals surface area (Å²) in [7, 11) is 0. The standard InChI is InChI=1S/C17H15NO2/c18-11-13-4-3-5-15(10-13)20-12-14-8-9-19-17-7-2-1-6-16(14)17/h1-7,10,14H,8-9,12H2. The van der Waals surface area contributed by atoms with Crippen molar-refractivity contribution in [3.63, 3.8) is 0 Å². The fourth-order valence-corrected chi connectivity index (χ4v) is 2.44. The third-order valence-electron chi connectivity index (χ3n) is 3.50. The highest BCUT2D eigenvalue weighted by Gasteiger charge is 2.21. The molecule has 2 aromatic rings. The molecule has 0 saturated carbocycles. The fraction of sp³-hybridized carbons (Fsp3) is 0.235. The summed E-state index contributed by atoms with van der Waals surface area (Å²) in [4.78, 5) is 0. The third kappa shape index (κ3) is 2.60. The molecule has 3 rings (SSSR count). The first-order valence-electron chi connectivity index (χ1n) is 6.71. The zero-order chi connectivity index (χ0) is 13.8. The van der Waals surface area contributed by atoms with Gasteiger partial charge in [0.2, 0.25) is 0 Å². The number of fused-ring (bicyclic) bond motifs is 1. The fourth-order valence-electron chi connectivity index (χ4n) is 2.44. The van der Waals surface area contributed by atoms with Gasteiger partial charge >= 0.3 is 0 Å². The van der Waals surface area contributed by atoms with Crippen LogP contribution in [-0.4, -0.2) is 13.2 Å². The van der Waals surface area contributed by atoms with Crippen molar-refractivity contribution in [1.82, 2.24) is 0 Å². The summed E-state index contributed by atoms with van der Waals surface area (Å²) >= 11 is 0. The second-order valence-corrected chi connectivity index (χ2v) is 4.82. The molecule has 3 nitrogen and oxygen atoms in total. The molecular formula is C17H15NO2. The van der Waals surface area contributed by atoms with Gasteiger partial charge in [0, 0.05) is 11.5 Å². The molecular weight excluding hydrogens is 250 g/mol. The Morgan fingerprint density at radius 3 is 3.00 bits per heavy atom. The number of benzene rings is 2. The van der Waals surface area contributed by atoms with E-state index in [0.29, 0.717) is 18.1 Å². The van der Waals surface area contributed by atoms with Crippen molar-refractivity contribution in [3.8, 4) is 17.6 Å². The molecule has 3 heteroatoms.